The molecule has 9 aromatic rings. The van der Waals surface area contributed by atoms with Crippen molar-refractivity contribution in [3.63, 3.8) is 0 Å². The van der Waals surface area contributed by atoms with Crippen LogP contribution in [0.25, 0.3) is 44.5 Å². The van der Waals surface area contributed by atoms with Gasteiger partial charge in [0, 0.05) is 22.5 Å². The normalized spacial score (nSPS) is 15.8. The number of benzene rings is 9. The zero-order valence-corrected chi connectivity index (χ0v) is 32.7. The highest BCUT2D eigenvalue weighted by Crippen LogP contribution is 2.57. The van der Waals surface area contributed by atoms with Crippen LogP contribution in [0.5, 0.6) is 0 Å². The number of fused-ring (bicyclic) bond motifs is 6. The smallest absolute Gasteiger partial charge is 0.0713 e. The molecule has 0 unspecified atom stereocenters. The summed E-state index contributed by atoms with van der Waals surface area (Å²) in [5.74, 6) is 0. The second-order valence-corrected chi connectivity index (χ2v) is 15.8. The number of rotatable bonds is 7. The Kier molecular flexibility index (Phi) is 6.38. The highest BCUT2D eigenvalue weighted by atomic mass is 15.1. The average Bonchev–Trinajstić information content (AvgIpc) is 3.78. The first-order valence-electron chi connectivity index (χ1n) is 24.0. The van der Waals surface area contributed by atoms with Crippen molar-refractivity contribution >= 4 is 17.1 Å². The van der Waals surface area contributed by atoms with E-state index in [0.29, 0.717) is 16.8 Å². The number of anilines is 3. The van der Waals surface area contributed by atoms with E-state index in [0.717, 1.165) is 55.6 Å². The van der Waals surface area contributed by atoms with Crippen molar-refractivity contribution in [2.24, 2.45) is 0 Å². The minimum Gasteiger partial charge on any atom is -0.310 e. The van der Waals surface area contributed by atoms with Gasteiger partial charge in [0.2, 0.25) is 0 Å². The van der Waals surface area contributed by atoms with Gasteiger partial charge < -0.3 is 4.90 Å². The Bertz CT molecular complexity index is 3380. The van der Waals surface area contributed by atoms with Crippen LogP contribution in [0.15, 0.2) is 224 Å². The highest BCUT2D eigenvalue weighted by Gasteiger charge is 2.46. The van der Waals surface area contributed by atoms with Gasteiger partial charge in [-0.3, -0.25) is 0 Å². The van der Waals surface area contributed by atoms with E-state index in [1.807, 2.05) is 97.1 Å². The van der Waals surface area contributed by atoms with Crippen LogP contribution in [0.1, 0.15) is 58.2 Å². The summed E-state index contributed by atoms with van der Waals surface area (Å²) in [6.45, 7) is 4.25. The topological polar surface area (TPSA) is 3.24 Å². The lowest BCUT2D eigenvalue weighted by molar-refractivity contribution is 0.660. The van der Waals surface area contributed by atoms with Crippen molar-refractivity contribution < 1.29 is 11.0 Å². The third kappa shape index (κ3) is 5.46. The van der Waals surface area contributed by atoms with Crippen LogP contribution >= 0.6 is 0 Å². The Morgan fingerprint density at radius 2 is 0.797 bits per heavy atom. The van der Waals surface area contributed by atoms with E-state index >= 15 is 0 Å². The summed E-state index contributed by atoms with van der Waals surface area (Å²) in [4.78, 5) is 1.41. The molecule has 1 nitrogen and oxygen atoms in total. The van der Waals surface area contributed by atoms with E-state index < -0.39 is 10.8 Å². The summed E-state index contributed by atoms with van der Waals surface area (Å²) in [5, 5.41) is 0. The van der Waals surface area contributed by atoms with Gasteiger partial charge in [0.15, 0.2) is 0 Å². The van der Waals surface area contributed by atoms with Gasteiger partial charge in [-0.15, -0.1) is 0 Å². The second-order valence-electron chi connectivity index (χ2n) is 15.8. The van der Waals surface area contributed by atoms with Gasteiger partial charge in [0.25, 0.3) is 0 Å². The minimum absolute atomic E-state index is 0.108. The van der Waals surface area contributed by atoms with Crippen LogP contribution in [0.2, 0.25) is 0 Å². The molecule has 0 fully saturated rings. The van der Waals surface area contributed by atoms with Gasteiger partial charge >= 0.3 is 0 Å². The predicted octanol–water partition coefficient (Wildman–Crippen LogP) is 15.2. The molecule has 0 radical (unpaired) electrons. The monoisotopic (exact) mass is 761 g/mol. The molecule has 0 amide bonds. The van der Waals surface area contributed by atoms with Crippen LogP contribution < -0.4 is 4.90 Å². The Balaban J connectivity index is 1.16. The minimum atomic E-state index is -0.761. The van der Waals surface area contributed by atoms with Crippen LogP contribution in [-0.2, 0) is 10.8 Å². The van der Waals surface area contributed by atoms with E-state index in [1.165, 1.54) is 4.90 Å². The first-order valence-corrected chi connectivity index (χ1v) is 20.0. The van der Waals surface area contributed by atoms with Crippen molar-refractivity contribution in [1.29, 1.82) is 0 Å². The number of nitrogens with zero attached hydrogens (tertiary/aromatic N) is 1. The predicted molar refractivity (Wildman–Crippen MR) is 247 cm³/mol. The third-order valence-electron chi connectivity index (χ3n) is 12.3. The molecule has 0 heterocycles. The van der Waals surface area contributed by atoms with E-state index in [-0.39, 0.29) is 70.8 Å². The maximum Gasteiger partial charge on any atom is 0.0713 e. The quantitative estimate of drug-likeness (QED) is 0.156. The molecule has 1 heteroatoms. The Labute approximate surface area is 358 Å². The molecule has 0 atom stereocenters. The second kappa shape index (κ2) is 13.7. The van der Waals surface area contributed by atoms with Crippen LogP contribution in [0, 0.1) is 0 Å². The lowest BCUT2D eigenvalue weighted by Crippen LogP contribution is -2.28. The van der Waals surface area contributed by atoms with Crippen molar-refractivity contribution in [3.05, 3.63) is 258 Å². The maximum absolute atomic E-state index is 9.87. The van der Waals surface area contributed by atoms with Gasteiger partial charge in [0.1, 0.15) is 0 Å². The van der Waals surface area contributed by atoms with E-state index in [1.54, 1.807) is 30.3 Å². The zero-order chi connectivity index (χ0) is 46.5. The summed E-state index contributed by atoms with van der Waals surface area (Å²) in [5.41, 5.74) is 10.4. The molecule has 0 saturated carbocycles. The first-order chi connectivity index (χ1) is 32.4. The lowest BCUT2D eigenvalue weighted by atomic mass is 9.67. The van der Waals surface area contributed by atoms with Gasteiger partial charge in [-0.25, -0.2) is 0 Å². The zero-order valence-electron chi connectivity index (χ0n) is 40.7. The molecule has 59 heavy (non-hydrogen) atoms. The Morgan fingerprint density at radius 3 is 1.41 bits per heavy atom. The Morgan fingerprint density at radius 1 is 0.339 bits per heavy atom. The molecule has 0 aliphatic heterocycles. The average molecular weight is 762 g/mol. The van der Waals surface area contributed by atoms with Crippen LogP contribution in [0.3, 0.4) is 0 Å². The summed E-state index contributed by atoms with van der Waals surface area (Å²) in [6, 6.07) is 54.9. The fourth-order valence-corrected chi connectivity index (χ4v) is 9.53. The Hall–Kier alpha value is -7.22. The van der Waals surface area contributed by atoms with E-state index in [4.69, 9.17) is 0 Å². The van der Waals surface area contributed by atoms with Crippen molar-refractivity contribution in [2.45, 2.75) is 24.7 Å². The molecule has 0 saturated heterocycles. The SMILES string of the molecule is [2H]c1c([2H])c(N(c2ccc3c(c2)C(C)(C)c2ccccc2-3)c2c([2H])c([2H])c(-c3ccc4c(c3)C(c3ccccc3)(c3ccccc3)c3ccccc3-4)c([2H])c2[2H])c([2H])c([2H])c1-c1ccccc1. The van der Waals surface area contributed by atoms with Gasteiger partial charge in [-0.05, 0) is 120 Å². The standard InChI is InChI=1S/C58H43N/c1-57(2)53-24-14-12-22-49(53)51-37-35-48(39-55(51)57)59(46-31-26-41(27-32-46)40-16-6-3-7-17-40)47-33-28-42(29-34-47)43-30-36-52-50-23-13-15-25-54(50)58(56(52)38-43,44-18-8-4-9-19-44)45-20-10-5-11-21-45/h3-39H,1-2H3/i26D,27D,28D,29D,31D,32D,33D,34D. The summed E-state index contributed by atoms with van der Waals surface area (Å²) >= 11 is 0. The largest absolute Gasteiger partial charge is 0.310 e. The summed E-state index contributed by atoms with van der Waals surface area (Å²) in [7, 11) is 0. The number of hydrogen-bond donors (Lipinski definition) is 0. The molecule has 280 valence electrons. The summed E-state index contributed by atoms with van der Waals surface area (Å²) < 4.78 is 77.1. The van der Waals surface area contributed by atoms with Crippen molar-refractivity contribution in [1.82, 2.24) is 0 Å². The lowest BCUT2D eigenvalue weighted by Gasteiger charge is -2.34. The summed E-state index contributed by atoms with van der Waals surface area (Å²) in [6.07, 6.45) is 0. The molecule has 0 aromatic heterocycles. The molecule has 9 aromatic carbocycles. The molecular formula is C58H43N. The first kappa shape index (κ1) is 27.4. The van der Waals surface area contributed by atoms with Gasteiger partial charge in [-0.1, -0.05) is 196 Å². The van der Waals surface area contributed by atoms with Crippen LogP contribution in [0.4, 0.5) is 17.1 Å². The molecule has 2 aliphatic carbocycles. The van der Waals surface area contributed by atoms with Gasteiger partial charge in [0.05, 0.1) is 16.4 Å². The fourth-order valence-electron chi connectivity index (χ4n) is 9.53. The molecule has 0 bridgehead atoms. The molecule has 0 N–H and O–H groups in total. The van der Waals surface area contributed by atoms with Crippen molar-refractivity contribution in [2.75, 3.05) is 4.90 Å². The van der Waals surface area contributed by atoms with Crippen LogP contribution in [-0.4, -0.2) is 0 Å². The van der Waals surface area contributed by atoms with E-state index in [9.17, 15) is 11.0 Å². The highest BCUT2D eigenvalue weighted by molar-refractivity contribution is 5.90. The maximum atomic E-state index is 9.87. The fraction of sp³-hybridized carbons (Fsp3) is 0.0690. The molecular weight excluding hydrogens is 711 g/mol. The molecule has 0 spiro atoms. The third-order valence-corrected chi connectivity index (χ3v) is 12.3. The van der Waals surface area contributed by atoms with Crippen molar-refractivity contribution in [3.8, 4) is 44.5 Å². The van der Waals surface area contributed by atoms with E-state index in [2.05, 4.69) is 62.4 Å². The number of hydrogen-bond acceptors (Lipinski definition) is 1. The van der Waals surface area contributed by atoms with Gasteiger partial charge in [-0.2, -0.15) is 0 Å². The molecule has 2 aliphatic rings. The molecule has 11 rings (SSSR count).